The second kappa shape index (κ2) is 11.8. The van der Waals surface area contributed by atoms with Gasteiger partial charge in [0.15, 0.2) is 23.1 Å². The molecule has 0 fully saturated rings. The van der Waals surface area contributed by atoms with Crippen molar-refractivity contribution >= 4 is 65.3 Å². The Morgan fingerprint density at radius 2 is 0.948 bits per heavy atom. The van der Waals surface area contributed by atoms with Gasteiger partial charge in [0.1, 0.15) is 5.58 Å². The van der Waals surface area contributed by atoms with Gasteiger partial charge in [-0.15, -0.1) is 0 Å². The van der Waals surface area contributed by atoms with Crippen LogP contribution in [0.2, 0.25) is 0 Å². The molecule has 3 aromatic heterocycles. The summed E-state index contributed by atoms with van der Waals surface area (Å²) in [5.41, 5.74) is 12.6. The number of hydrogen-bond donors (Lipinski definition) is 0. The molecule has 0 bridgehead atoms. The van der Waals surface area contributed by atoms with E-state index in [1.54, 1.807) is 0 Å². The van der Waals surface area contributed by atoms with E-state index < -0.39 is 0 Å². The predicted molar refractivity (Wildman–Crippen MR) is 237 cm³/mol. The average molecular weight is 739 g/mol. The molecule has 1 aliphatic carbocycles. The lowest BCUT2D eigenvalue weighted by molar-refractivity contribution is 0.666. The quantitative estimate of drug-likeness (QED) is 0.180. The highest BCUT2D eigenvalue weighted by Crippen LogP contribution is 2.50. The van der Waals surface area contributed by atoms with Crippen molar-refractivity contribution in [2.45, 2.75) is 0 Å². The summed E-state index contributed by atoms with van der Waals surface area (Å²) in [7, 11) is 0. The van der Waals surface area contributed by atoms with Gasteiger partial charge in [0, 0.05) is 38.2 Å². The Kier molecular flexibility index (Phi) is 6.38. The summed E-state index contributed by atoms with van der Waals surface area (Å²) in [6.45, 7) is 0. The molecule has 12 aromatic rings. The number of fused-ring (bicyclic) bond motifs is 7. The largest absolute Gasteiger partial charge is 0.454 e. The summed E-state index contributed by atoms with van der Waals surface area (Å²) in [6.07, 6.45) is 0. The Balaban J connectivity index is 1.13. The monoisotopic (exact) mass is 738 g/mol. The van der Waals surface area contributed by atoms with Crippen LogP contribution in [0.4, 0.5) is 0 Å². The van der Waals surface area contributed by atoms with Crippen LogP contribution in [0.5, 0.6) is 0 Å². The van der Waals surface area contributed by atoms with Crippen molar-refractivity contribution in [3.63, 3.8) is 0 Å². The van der Waals surface area contributed by atoms with Gasteiger partial charge in [0.2, 0.25) is 0 Å². The maximum atomic E-state index is 6.97. The zero-order chi connectivity index (χ0) is 37.9. The number of furan rings is 1. The van der Waals surface area contributed by atoms with Crippen LogP contribution in [0.1, 0.15) is 0 Å². The third-order valence-corrected chi connectivity index (χ3v) is 12.0. The smallest absolute Gasteiger partial charge is 0.164 e. The first kappa shape index (κ1) is 31.3. The molecule has 58 heavy (non-hydrogen) atoms. The highest BCUT2D eigenvalue weighted by molar-refractivity contribution is 6.31. The lowest BCUT2D eigenvalue weighted by atomic mass is 9.93. The molecule has 0 saturated carbocycles. The van der Waals surface area contributed by atoms with E-state index in [0.717, 1.165) is 66.1 Å². The minimum Gasteiger partial charge on any atom is -0.454 e. The molecule has 0 spiro atoms. The second-order valence-electron chi connectivity index (χ2n) is 15.1. The number of para-hydroxylation sites is 1. The first-order valence-electron chi connectivity index (χ1n) is 19.6. The molecular weight excluding hydrogens is 709 g/mol. The first-order valence-corrected chi connectivity index (χ1v) is 19.6. The molecule has 9 aromatic carbocycles. The molecule has 1 aliphatic rings. The molecule has 3 heterocycles. The molecule has 268 valence electrons. The van der Waals surface area contributed by atoms with Gasteiger partial charge >= 0.3 is 0 Å². The van der Waals surface area contributed by atoms with Gasteiger partial charge in [0.25, 0.3) is 0 Å². The predicted octanol–water partition coefficient (Wildman–Crippen LogP) is 13.8. The molecule has 0 aliphatic heterocycles. The molecule has 5 nitrogen and oxygen atoms in total. The van der Waals surface area contributed by atoms with E-state index >= 15 is 0 Å². The Hall–Kier alpha value is -7.89. The summed E-state index contributed by atoms with van der Waals surface area (Å²) < 4.78 is 9.37. The van der Waals surface area contributed by atoms with E-state index in [0.29, 0.717) is 17.5 Å². The summed E-state index contributed by atoms with van der Waals surface area (Å²) in [5.74, 6) is 1.83. The summed E-state index contributed by atoms with van der Waals surface area (Å²) in [4.78, 5) is 15.6. The Labute approximate surface area is 332 Å². The van der Waals surface area contributed by atoms with Crippen molar-refractivity contribution in [1.29, 1.82) is 0 Å². The molecule has 0 N–H and O–H groups in total. The summed E-state index contributed by atoms with van der Waals surface area (Å²) in [5, 5.41) is 9.20. The van der Waals surface area contributed by atoms with Crippen LogP contribution in [-0.4, -0.2) is 19.5 Å². The third-order valence-electron chi connectivity index (χ3n) is 12.0. The van der Waals surface area contributed by atoms with Crippen LogP contribution in [0.15, 0.2) is 186 Å². The topological polar surface area (TPSA) is 56.7 Å². The van der Waals surface area contributed by atoms with Gasteiger partial charge in [-0.3, -0.25) is 0 Å². The summed E-state index contributed by atoms with van der Waals surface area (Å²) >= 11 is 0. The van der Waals surface area contributed by atoms with Gasteiger partial charge in [-0.25, -0.2) is 15.0 Å². The minimum absolute atomic E-state index is 0.589. The lowest BCUT2D eigenvalue weighted by Gasteiger charge is -2.15. The number of rotatable bonds is 4. The Morgan fingerprint density at radius 3 is 1.79 bits per heavy atom. The van der Waals surface area contributed by atoms with Crippen LogP contribution in [-0.2, 0) is 0 Å². The molecule has 13 rings (SSSR count). The summed E-state index contributed by atoms with van der Waals surface area (Å²) in [6, 6.07) is 64.2. The van der Waals surface area contributed by atoms with E-state index in [1.807, 2.05) is 30.3 Å². The molecule has 0 unspecified atom stereocenters. The van der Waals surface area contributed by atoms with Crippen LogP contribution >= 0.6 is 0 Å². The normalized spacial score (nSPS) is 12.1. The van der Waals surface area contributed by atoms with Gasteiger partial charge in [0.05, 0.1) is 16.7 Å². The molecule has 0 amide bonds. The van der Waals surface area contributed by atoms with Crippen molar-refractivity contribution in [2.24, 2.45) is 0 Å². The van der Waals surface area contributed by atoms with Gasteiger partial charge < -0.3 is 8.98 Å². The van der Waals surface area contributed by atoms with Gasteiger partial charge in [-0.05, 0) is 74.1 Å². The maximum Gasteiger partial charge on any atom is 0.164 e. The number of benzene rings is 9. The molecule has 0 atom stereocenters. The third kappa shape index (κ3) is 4.33. The maximum absolute atomic E-state index is 6.97. The molecular formula is C53H30N4O. The van der Waals surface area contributed by atoms with Crippen molar-refractivity contribution in [2.75, 3.05) is 0 Å². The number of nitrogens with zero attached hydrogens (tertiary/aromatic N) is 4. The van der Waals surface area contributed by atoms with Crippen LogP contribution in [0.25, 0.3) is 127 Å². The van der Waals surface area contributed by atoms with Crippen LogP contribution in [0, 0.1) is 0 Å². The Bertz CT molecular complexity index is 3690. The highest BCUT2D eigenvalue weighted by atomic mass is 16.3. The van der Waals surface area contributed by atoms with E-state index in [9.17, 15) is 0 Å². The molecule has 0 saturated heterocycles. The Morgan fingerprint density at radius 1 is 0.345 bits per heavy atom. The van der Waals surface area contributed by atoms with Gasteiger partial charge in [-0.1, -0.05) is 152 Å². The van der Waals surface area contributed by atoms with Crippen LogP contribution < -0.4 is 0 Å². The minimum atomic E-state index is 0.589. The van der Waals surface area contributed by atoms with E-state index in [1.165, 1.54) is 43.8 Å². The highest BCUT2D eigenvalue weighted by Gasteiger charge is 2.27. The zero-order valence-corrected chi connectivity index (χ0v) is 31.0. The van der Waals surface area contributed by atoms with E-state index in [2.05, 4.69) is 156 Å². The average Bonchev–Trinajstić information content (AvgIpc) is 3.81. The fourth-order valence-electron chi connectivity index (χ4n) is 9.52. The lowest BCUT2D eigenvalue weighted by Crippen LogP contribution is -2.01. The zero-order valence-electron chi connectivity index (χ0n) is 31.0. The van der Waals surface area contributed by atoms with Crippen molar-refractivity contribution < 1.29 is 4.42 Å². The standard InChI is InChI=1S/C53H30N4O/c1-2-14-33(15-3-1)51-54-52(39-24-10-16-31-13-4-5-18-34(31)39)56-53(55-51)41-28-30-44(50-47(41)40-21-8-9-26-45(40)58-50)57-42-25-12-23-38-36-20-7-6-19-35(36)37-22-11-17-32-27-29-43(57)49(46(32)37)48(38)42/h1-30H. The second-order valence-corrected chi connectivity index (χ2v) is 15.1. The first-order chi connectivity index (χ1) is 28.8. The van der Waals surface area contributed by atoms with E-state index in [4.69, 9.17) is 19.4 Å². The van der Waals surface area contributed by atoms with Crippen molar-refractivity contribution in [3.8, 4) is 62.1 Å². The van der Waals surface area contributed by atoms with Crippen molar-refractivity contribution in [3.05, 3.63) is 182 Å². The molecule has 0 radical (unpaired) electrons. The number of hydrogen-bond acceptors (Lipinski definition) is 4. The SMILES string of the molecule is c1ccc(-c2nc(-c3cccc4ccccc34)nc(-c3ccc(-n4c5cccc6c5c5c7c(cccc7ccc54)-c4ccccc4-6)c4oc5ccccc5c34)n2)cc1. The fourth-order valence-corrected chi connectivity index (χ4v) is 9.52. The van der Waals surface area contributed by atoms with Crippen molar-refractivity contribution in [1.82, 2.24) is 19.5 Å². The van der Waals surface area contributed by atoms with Crippen LogP contribution in [0.3, 0.4) is 0 Å². The van der Waals surface area contributed by atoms with E-state index in [-0.39, 0.29) is 0 Å². The molecule has 5 heteroatoms. The fraction of sp³-hybridized carbons (Fsp3) is 0. The van der Waals surface area contributed by atoms with Gasteiger partial charge in [-0.2, -0.15) is 0 Å². The number of aromatic nitrogens is 4.